The first-order valence-electron chi connectivity index (χ1n) is 4.20. The number of hydrogen-bond donors (Lipinski definition) is 1. The fraction of sp³-hybridized carbons (Fsp3) is 0.333. The molecule has 1 heterocycles. The van der Waals surface area contributed by atoms with Crippen LogP contribution in [0.5, 0.6) is 0 Å². The van der Waals surface area contributed by atoms with Crippen molar-refractivity contribution in [2.45, 2.75) is 13.5 Å². The molecule has 5 heteroatoms. The lowest BCUT2D eigenvalue weighted by Crippen LogP contribution is -2.11. The minimum Gasteiger partial charge on any atom is -0.461 e. The Morgan fingerprint density at radius 3 is 2.93 bits per heavy atom. The SMILES string of the molecule is CCOC(=O)c1ncc(CN)cc1F. The van der Waals surface area contributed by atoms with Crippen LogP contribution in [0.1, 0.15) is 23.0 Å². The Labute approximate surface area is 80.9 Å². The van der Waals surface area contributed by atoms with Crippen LogP contribution in [0.25, 0.3) is 0 Å². The van der Waals surface area contributed by atoms with Crippen molar-refractivity contribution in [2.24, 2.45) is 5.73 Å². The van der Waals surface area contributed by atoms with E-state index in [1.807, 2.05) is 0 Å². The fourth-order valence-corrected chi connectivity index (χ4v) is 0.939. The molecule has 0 aromatic carbocycles. The summed E-state index contributed by atoms with van der Waals surface area (Å²) in [5.74, 6) is -1.46. The molecule has 0 amide bonds. The first-order valence-corrected chi connectivity index (χ1v) is 4.20. The van der Waals surface area contributed by atoms with Gasteiger partial charge in [-0.1, -0.05) is 0 Å². The van der Waals surface area contributed by atoms with Crippen molar-refractivity contribution in [1.29, 1.82) is 0 Å². The number of hydrogen-bond acceptors (Lipinski definition) is 4. The average Bonchev–Trinajstić information content (AvgIpc) is 2.17. The van der Waals surface area contributed by atoms with E-state index in [0.29, 0.717) is 5.56 Å². The zero-order valence-corrected chi connectivity index (χ0v) is 7.79. The van der Waals surface area contributed by atoms with Gasteiger partial charge >= 0.3 is 5.97 Å². The number of aromatic nitrogens is 1. The highest BCUT2D eigenvalue weighted by atomic mass is 19.1. The third kappa shape index (κ3) is 2.26. The molecular weight excluding hydrogens is 187 g/mol. The smallest absolute Gasteiger partial charge is 0.359 e. The molecular formula is C9H11FN2O2. The molecule has 0 fully saturated rings. The topological polar surface area (TPSA) is 65.2 Å². The molecule has 14 heavy (non-hydrogen) atoms. The van der Waals surface area contributed by atoms with Crippen LogP contribution >= 0.6 is 0 Å². The van der Waals surface area contributed by atoms with E-state index in [2.05, 4.69) is 9.72 Å². The van der Waals surface area contributed by atoms with Crippen LogP contribution < -0.4 is 5.73 Å². The van der Waals surface area contributed by atoms with E-state index >= 15 is 0 Å². The molecule has 1 aromatic heterocycles. The van der Waals surface area contributed by atoms with E-state index in [-0.39, 0.29) is 18.8 Å². The van der Waals surface area contributed by atoms with Crippen molar-refractivity contribution in [3.8, 4) is 0 Å². The summed E-state index contributed by atoms with van der Waals surface area (Å²) in [4.78, 5) is 14.7. The monoisotopic (exact) mass is 198 g/mol. The largest absolute Gasteiger partial charge is 0.461 e. The number of ether oxygens (including phenoxy) is 1. The molecule has 0 saturated carbocycles. The zero-order valence-electron chi connectivity index (χ0n) is 7.79. The molecule has 2 N–H and O–H groups in total. The van der Waals surface area contributed by atoms with Gasteiger partial charge in [0.25, 0.3) is 0 Å². The minimum absolute atomic E-state index is 0.188. The molecule has 0 saturated heterocycles. The highest BCUT2D eigenvalue weighted by Crippen LogP contribution is 2.07. The quantitative estimate of drug-likeness (QED) is 0.731. The molecule has 0 unspecified atom stereocenters. The lowest BCUT2D eigenvalue weighted by atomic mass is 10.2. The van der Waals surface area contributed by atoms with Crippen LogP contribution in [0, 0.1) is 5.82 Å². The standard InChI is InChI=1S/C9H11FN2O2/c1-2-14-9(13)8-7(10)3-6(4-11)5-12-8/h3,5H,2,4,11H2,1H3. The molecule has 76 valence electrons. The summed E-state index contributed by atoms with van der Waals surface area (Å²) in [6.45, 7) is 2.02. The van der Waals surface area contributed by atoms with Crippen LogP contribution in [-0.4, -0.2) is 17.6 Å². The minimum atomic E-state index is -0.756. The second-order valence-corrected chi connectivity index (χ2v) is 2.60. The molecule has 0 spiro atoms. The Bertz CT molecular complexity index is 342. The van der Waals surface area contributed by atoms with Crippen molar-refractivity contribution >= 4 is 5.97 Å². The zero-order chi connectivity index (χ0) is 10.6. The van der Waals surface area contributed by atoms with Gasteiger partial charge in [0.15, 0.2) is 11.5 Å². The summed E-state index contributed by atoms with van der Waals surface area (Å²) in [5.41, 5.74) is 5.52. The average molecular weight is 198 g/mol. The predicted octanol–water partition coefficient (Wildman–Crippen LogP) is 0.856. The van der Waals surface area contributed by atoms with Crippen LogP contribution in [0.2, 0.25) is 0 Å². The maximum atomic E-state index is 13.2. The Hall–Kier alpha value is -1.49. The number of carbonyl (C=O) groups excluding carboxylic acids is 1. The van der Waals surface area contributed by atoms with Crippen LogP contribution in [0.15, 0.2) is 12.3 Å². The Morgan fingerprint density at radius 1 is 1.71 bits per heavy atom. The van der Waals surface area contributed by atoms with E-state index in [1.165, 1.54) is 12.3 Å². The van der Waals surface area contributed by atoms with E-state index in [4.69, 9.17) is 5.73 Å². The summed E-state index contributed by atoms with van der Waals surface area (Å²) >= 11 is 0. The number of nitrogens with zero attached hydrogens (tertiary/aromatic N) is 1. The first kappa shape index (κ1) is 10.6. The number of nitrogens with two attached hydrogens (primary N) is 1. The van der Waals surface area contributed by atoms with Crippen molar-refractivity contribution in [2.75, 3.05) is 6.61 Å². The Kier molecular flexibility index (Phi) is 3.53. The molecule has 0 aliphatic heterocycles. The van der Waals surface area contributed by atoms with Crippen LogP contribution in [0.3, 0.4) is 0 Å². The number of carbonyl (C=O) groups is 1. The summed E-state index contributed by atoms with van der Waals surface area (Å²) in [6.07, 6.45) is 1.36. The van der Waals surface area contributed by atoms with Gasteiger partial charge in [0.05, 0.1) is 6.61 Å². The predicted molar refractivity (Wildman–Crippen MR) is 48.0 cm³/mol. The third-order valence-corrected chi connectivity index (χ3v) is 1.60. The molecule has 0 atom stereocenters. The summed E-state index contributed by atoms with van der Waals surface area (Å²) in [7, 11) is 0. The Balaban J connectivity index is 2.94. The van der Waals surface area contributed by atoms with Crippen molar-refractivity contribution < 1.29 is 13.9 Å². The van der Waals surface area contributed by atoms with Gasteiger partial charge < -0.3 is 10.5 Å². The van der Waals surface area contributed by atoms with E-state index in [9.17, 15) is 9.18 Å². The highest BCUT2D eigenvalue weighted by molar-refractivity contribution is 5.87. The van der Waals surface area contributed by atoms with E-state index in [0.717, 1.165) is 0 Å². The maximum absolute atomic E-state index is 13.2. The summed E-state index contributed by atoms with van der Waals surface area (Å²) in [6, 6.07) is 1.18. The van der Waals surface area contributed by atoms with Gasteiger partial charge in [-0.15, -0.1) is 0 Å². The molecule has 4 nitrogen and oxygen atoms in total. The number of rotatable bonds is 3. The summed E-state index contributed by atoms with van der Waals surface area (Å²) < 4.78 is 17.8. The molecule has 1 rings (SSSR count). The van der Waals surface area contributed by atoms with Gasteiger partial charge in [-0.2, -0.15) is 0 Å². The van der Waals surface area contributed by atoms with Gasteiger partial charge in [-0.05, 0) is 18.6 Å². The molecule has 1 aromatic rings. The van der Waals surface area contributed by atoms with Gasteiger partial charge in [0.1, 0.15) is 0 Å². The highest BCUT2D eigenvalue weighted by Gasteiger charge is 2.14. The van der Waals surface area contributed by atoms with Crippen molar-refractivity contribution in [1.82, 2.24) is 4.98 Å². The van der Waals surface area contributed by atoms with Crippen molar-refractivity contribution in [3.63, 3.8) is 0 Å². The summed E-state index contributed by atoms with van der Waals surface area (Å²) in [5, 5.41) is 0. The lowest BCUT2D eigenvalue weighted by Gasteiger charge is -2.03. The van der Waals surface area contributed by atoms with E-state index < -0.39 is 11.8 Å². The molecule has 0 radical (unpaired) electrons. The molecule has 0 aliphatic carbocycles. The fourth-order valence-electron chi connectivity index (χ4n) is 0.939. The van der Waals surface area contributed by atoms with Gasteiger partial charge in [0, 0.05) is 12.7 Å². The number of pyridine rings is 1. The van der Waals surface area contributed by atoms with Gasteiger partial charge in [-0.25, -0.2) is 14.2 Å². The van der Waals surface area contributed by atoms with E-state index in [1.54, 1.807) is 6.92 Å². The third-order valence-electron chi connectivity index (χ3n) is 1.60. The number of esters is 1. The second-order valence-electron chi connectivity index (χ2n) is 2.60. The Morgan fingerprint density at radius 2 is 2.43 bits per heavy atom. The van der Waals surface area contributed by atoms with Crippen LogP contribution in [-0.2, 0) is 11.3 Å². The van der Waals surface area contributed by atoms with Gasteiger partial charge in [-0.3, -0.25) is 0 Å². The molecule has 0 aliphatic rings. The maximum Gasteiger partial charge on any atom is 0.359 e. The number of halogens is 1. The van der Waals surface area contributed by atoms with Gasteiger partial charge in [0.2, 0.25) is 0 Å². The molecule has 0 bridgehead atoms. The lowest BCUT2D eigenvalue weighted by molar-refractivity contribution is 0.0513. The van der Waals surface area contributed by atoms with Crippen LogP contribution in [0.4, 0.5) is 4.39 Å². The first-order chi connectivity index (χ1) is 6.69. The second kappa shape index (κ2) is 4.66. The normalized spacial score (nSPS) is 9.93. The van der Waals surface area contributed by atoms with Crippen molar-refractivity contribution in [3.05, 3.63) is 29.3 Å².